The Morgan fingerprint density at radius 1 is 1.36 bits per heavy atom. The first kappa shape index (κ1) is 25.1. The Morgan fingerprint density at radius 2 is 2.07 bits per heavy atom. The van der Waals surface area contributed by atoms with Crippen LogP contribution >= 0.6 is 35.3 Å². The third kappa shape index (κ3) is 7.82. The van der Waals surface area contributed by atoms with E-state index in [0.29, 0.717) is 11.5 Å². The number of aromatic nitrogens is 1. The number of thiazole rings is 1. The Morgan fingerprint density at radius 3 is 2.71 bits per heavy atom. The second-order valence-electron chi connectivity index (χ2n) is 6.72. The summed E-state index contributed by atoms with van der Waals surface area (Å²) in [6.07, 6.45) is 3.71. The largest absolute Gasteiger partial charge is 0.462 e. The van der Waals surface area contributed by atoms with Crippen molar-refractivity contribution in [3.63, 3.8) is 0 Å². The van der Waals surface area contributed by atoms with Gasteiger partial charge in [0.25, 0.3) is 0 Å². The zero-order valence-electron chi connectivity index (χ0n) is 17.4. The maximum atomic E-state index is 12.0. The van der Waals surface area contributed by atoms with Crippen LogP contribution in [0, 0.1) is 6.92 Å². The van der Waals surface area contributed by atoms with Crippen molar-refractivity contribution in [2.75, 3.05) is 39.3 Å². The lowest BCUT2D eigenvalue weighted by Crippen LogP contribution is -2.39. The monoisotopic (exact) mass is 523 g/mol. The first-order valence-electron chi connectivity index (χ1n) is 9.96. The lowest BCUT2D eigenvalue weighted by Gasteiger charge is -2.17. The number of halogens is 1. The molecule has 2 heterocycles. The van der Waals surface area contributed by atoms with Crippen LogP contribution in [0.5, 0.6) is 0 Å². The van der Waals surface area contributed by atoms with Crippen molar-refractivity contribution < 1.29 is 9.53 Å². The van der Waals surface area contributed by atoms with Crippen LogP contribution in [0.25, 0.3) is 0 Å². The fourth-order valence-electron chi connectivity index (χ4n) is 3.07. The smallest absolute Gasteiger partial charge is 0.350 e. The molecular weight excluding hydrogens is 489 g/mol. The van der Waals surface area contributed by atoms with Gasteiger partial charge in [-0.25, -0.2) is 9.78 Å². The highest BCUT2D eigenvalue weighted by atomic mass is 127. The standard InChI is InChI=1S/C19H33N5O2S.HI/c1-5-20-19(21-10-9-13-24-11-7-8-12-24)23-15(4)17-22-14(3)16(27-17)18(25)26-6-2;/h15H,5-13H2,1-4H3,(H2,20,21,23);1H. The van der Waals surface area contributed by atoms with Gasteiger partial charge >= 0.3 is 5.97 Å². The van der Waals surface area contributed by atoms with Crippen molar-refractivity contribution >= 4 is 47.2 Å². The maximum absolute atomic E-state index is 12.0. The molecule has 1 atom stereocenters. The molecule has 0 bridgehead atoms. The summed E-state index contributed by atoms with van der Waals surface area (Å²) in [5, 5.41) is 7.54. The summed E-state index contributed by atoms with van der Waals surface area (Å²) in [5.74, 6) is 0.491. The summed E-state index contributed by atoms with van der Waals surface area (Å²) < 4.78 is 5.10. The maximum Gasteiger partial charge on any atom is 0.350 e. The second kappa shape index (κ2) is 13.3. The Labute approximate surface area is 189 Å². The molecule has 28 heavy (non-hydrogen) atoms. The van der Waals surface area contributed by atoms with Gasteiger partial charge in [-0.15, -0.1) is 35.3 Å². The van der Waals surface area contributed by atoms with E-state index in [1.54, 1.807) is 0 Å². The van der Waals surface area contributed by atoms with E-state index in [0.717, 1.165) is 42.7 Å². The molecular formula is C19H34IN5O2S. The highest BCUT2D eigenvalue weighted by molar-refractivity contribution is 14.0. The molecule has 9 heteroatoms. The average molecular weight is 523 g/mol. The summed E-state index contributed by atoms with van der Waals surface area (Å²) in [4.78, 5) is 24.3. The van der Waals surface area contributed by atoms with Gasteiger partial charge in [-0.1, -0.05) is 0 Å². The number of rotatable bonds is 9. The van der Waals surface area contributed by atoms with E-state index in [4.69, 9.17) is 4.74 Å². The first-order valence-corrected chi connectivity index (χ1v) is 10.8. The minimum atomic E-state index is -0.298. The van der Waals surface area contributed by atoms with Crippen LogP contribution in [-0.2, 0) is 4.74 Å². The number of guanidine groups is 1. The van der Waals surface area contributed by atoms with Crippen LogP contribution in [0.4, 0.5) is 0 Å². The zero-order chi connectivity index (χ0) is 19.6. The summed E-state index contributed by atoms with van der Waals surface area (Å²) in [7, 11) is 0. The number of carbonyl (C=O) groups excluding carboxylic acids is 1. The molecule has 0 radical (unpaired) electrons. The number of nitrogens with zero attached hydrogens (tertiary/aromatic N) is 3. The van der Waals surface area contributed by atoms with E-state index < -0.39 is 0 Å². The summed E-state index contributed by atoms with van der Waals surface area (Å²) in [5.41, 5.74) is 0.717. The molecule has 160 valence electrons. The van der Waals surface area contributed by atoms with Gasteiger partial charge in [0.05, 0.1) is 18.3 Å². The normalized spacial score (nSPS) is 15.8. The molecule has 2 N–H and O–H groups in total. The molecule has 1 unspecified atom stereocenters. The minimum absolute atomic E-state index is 0. The van der Waals surface area contributed by atoms with Crippen LogP contribution in [-0.4, -0.2) is 61.1 Å². The molecule has 1 aromatic heterocycles. The minimum Gasteiger partial charge on any atom is -0.462 e. The van der Waals surface area contributed by atoms with Crippen LogP contribution in [0.1, 0.15) is 66.4 Å². The predicted molar refractivity (Wildman–Crippen MR) is 126 cm³/mol. The third-order valence-electron chi connectivity index (χ3n) is 4.44. The second-order valence-corrected chi connectivity index (χ2v) is 7.75. The molecule has 0 spiro atoms. The number of esters is 1. The number of aliphatic imine (C=N–C) groups is 1. The van der Waals surface area contributed by atoms with Crippen LogP contribution in [0.2, 0.25) is 0 Å². The highest BCUT2D eigenvalue weighted by Crippen LogP contribution is 2.24. The van der Waals surface area contributed by atoms with E-state index in [2.05, 4.69) is 32.4 Å². The number of carbonyl (C=O) groups is 1. The van der Waals surface area contributed by atoms with Gasteiger partial charge in [0.1, 0.15) is 9.88 Å². The molecule has 1 fully saturated rings. The molecule has 1 aliphatic rings. The number of hydrogen-bond donors (Lipinski definition) is 2. The van der Waals surface area contributed by atoms with E-state index in [9.17, 15) is 4.79 Å². The number of ether oxygens (including phenoxy) is 1. The van der Waals surface area contributed by atoms with E-state index >= 15 is 0 Å². The third-order valence-corrected chi connectivity index (χ3v) is 5.76. The van der Waals surface area contributed by atoms with Crippen molar-refractivity contribution in [1.29, 1.82) is 0 Å². The number of hydrogen-bond acceptors (Lipinski definition) is 6. The van der Waals surface area contributed by atoms with E-state index in [1.165, 1.54) is 37.3 Å². The van der Waals surface area contributed by atoms with Crippen molar-refractivity contribution in [2.24, 2.45) is 4.99 Å². The summed E-state index contributed by atoms with van der Waals surface area (Å²) >= 11 is 1.38. The van der Waals surface area contributed by atoms with Gasteiger partial charge < -0.3 is 20.3 Å². The number of aryl methyl sites for hydroxylation is 1. The Hall–Kier alpha value is -0.940. The number of nitrogens with one attached hydrogen (secondary N) is 2. The van der Waals surface area contributed by atoms with E-state index in [-0.39, 0.29) is 36.0 Å². The Kier molecular flexibility index (Phi) is 11.9. The van der Waals surface area contributed by atoms with Gasteiger partial charge in [0.15, 0.2) is 5.96 Å². The average Bonchev–Trinajstić information content (AvgIpc) is 3.28. The predicted octanol–water partition coefficient (Wildman–Crippen LogP) is 3.35. The fourth-order valence-corrected chi connectivity index (χ4v) is 4.03. The van der Waals surface area contributed by atoms with Crippen LogP contribution in [0.15, 0.2) is 4.99 Å². The topological polar surface area (TPSA) is 78.9 Å². The molecule has 0 aliphatic carbocycles. The zero-order valence-corrected chi connectivity index (χ0v) is 20.6. The Bertz CT molecular complexity index is 632. The van der Waals surface area contributed by atoms with Gasteiger partial charge in [-0.2, -0.15) is 0 Å². The summed E-state index contributed by atoms with van der Waals surface area (Å²) in [6.45, 7) is 13.3. The van der Waals surface area contributed by atoms with Gasteiger partial charge in [0, 0.05) is 13.1 Å². The molecule has 1 saturated heterocycles. The van der Waals surface area contributed by atoms with Gasteiger partial charge in [-0.3, -0.25) is 4.99 Å². The quantitative estimate of drug-likeness (QED) is 0.170. The molecule has 1 aromatic rings. The van der Waals surface area contributed by atoms with Crippen LogP contribution in [0.3, 0.4) is 0 Å². The Balaban J connectivity index is 0.00000392. The van der Waals surface area contributed by atoms with Crippen molar-refractivity contribution in [3.05, 3.63) is 15.6 Å². The lowest BCUT2D eigenvalue weighted by atomic mass is 10.3. The molecule has 7 nitrogen and oxygen atoms in total. The van der Waals surface area contributed by atoms with Gasteiger partial charge in [0.2, 0.25) is 0 Å². The van der Waals surface area contributed by atoms with E-state index in [1.807, 2.05) is 20.8 Å². The highest BCUT2D eigenvalue weighted by Gasteiger charge is 2.20. The number of likely N-dealkylation sites (tertiary alicyclic amines) is 1. The molecule has 1 aliphatic heterocycles. The van der Waals surface area contributed by atoms with Crippen molar-refractivity contribution in [2.45, 2.75) is 53.0 Å². The summed E-state index contributed by atoms with van der Waals surface area (Å²) in [6, 6.07) is -0.0340. The lowest BCUT2D eigenvalue weighted by molar-refractivity contribution is 0.0531. The molecule has 0 aromatic carbocycles. The molecule has 0 saturated carbocycles. The molecule has 2 rings (SSSR count). The van der Waals surface area contributed by atoms with Crippen molar-refractivity contribution in [1.82, 2.24) is 20.5 Å². The molecule has 0 amide bonds. The van der Waals surface area contributed by atoms with Crippen LogP contribution < -0.4 is 10.6 Å². The first-order chi connectivity index (χ1) is 13.0. The fraction of sp³-hybridized carbons (Fsp3) is 0.737. The SMILES string of the molecule is CCNC(=NCCCN1CCCC1)NC(C)c1nc(C)c(C(=O)OCC)s1.I. The van der Waals surface area contributed by atoms with Gasteiger partial charge in [-0.05, 0) is 66.6 Å². The van der Waals surface area contributed by atoms with Crippen molar-refractivity contribution in [3.8, 4) is 0 Å².